The van der Waals surface area contributed by atoms with Crippen LogP contribution in [0, 0.1) is 0 Å². The molecule has 0 spiro atoms. The number of pyridine rings is 2. The van der Waals surface area contributed by atoms with E-state index in [9.17, 15) is 0 Å². The molecule has 0 saturated carbocycles. The molecule has 0 aliphatic heterocycles. The number of hydrogen-bond donors (Lipinski definition) is 0. The molecule has 6 rings (SSSR count). The van der Waals surface area contributed by atoms with Crippen molar-refractivity contribution in [2.24, 2.45) is 0 Å². The Morgan fingerprint density at radius 3 is 2.77 bits per heavy atom. The van der Waals surface area contributed by atoms with Gasteiger partial charge in [0.2, 0.25) is 0 Å². The van der Waals surface area contributed by atoms with Crippen LogP contribution in [0.1, 0.15) is 25.0 Å². The zero-order valence-electron chi connectivity index (χ0n) is 14.6. The molecular formula is C23H16N2S. The molecule has 3 aromatic heterocycles. The molecule has 2 nitrogen and oxygen atoms in total. The summed E-state index contributed by atoms with van der Waals surface area (Å²) in [7, 11) is 0. The molecule has 3 heteroatoms. The SMILES string of the molecule is CC1(C)c2cccnc2-c2ccc3sc4nc5ccccc5cc4c3c21. The summed E-state index contributed by atoms with van der Waals surface area (Å²) >= 11 is 1.79. The van der Waals surface area contributed by atoms with Crippen molar-refractivity contribution in [1.82, 2.24) is 9.97 Å². The van der Waals surface area contributed by atoms with Gasteiger partial charge in [0.1, 0.15) is 4.83 Å². The van der Waals surface area contributed by atoms with E-state index in [-0.39, 0.29) is 5.41 Å². The third kappa shape index (κ3) is 1.66. The lowest BCUT2D eigenvalue weighted by Crippen LogP contribution is -2.15. The van der Waals surface area contributed by atoms with E-state index in [4.69, 9.17) is 9.97 Å². The summed E-state index contributed by atoms with van der Waals surface area (Å²) < 4.78 is 1.31. The Hall–Kier alpha value is -2.78. The van der Waals surface area contributed by atoms with Crippen LogP contribution in [-0.2, 0) is 5.41 Å². The smallest absolute Gasteiger partial charge is 0.125 e. The summed E-state index contributed by atoms with van der Waals surface area (Å²) in [6, 6.07) is 19.4. The van der Waals surface area contributed by atoms with Gasteiger partial charge in [0.05, 0.1) is 11.2 Å². The Balaban J connectivity index is 1.83. The molecule has 0 radical (unpaired) electrons. The first kappa shape index (κ1) is 14.4. The molecule has 0 amide bonds. The lowest BCUT2D eigenvalue weighted by Gasteiger charge is -2.22. The van der Waals surface area contributed by atoms with E-state index in [0.29, 0.717) is 0 Å². The van der Waals surface area contributed by atoms with Crippen LogP contribution in [0.2, 0.25) is 0 Å². The Labute approximate surface area is 155 Å². The molecule has 0 fully saturated rings. The maximum atomic E-state index is 4.94. The topological polar surface area (TPSA) is 25.8 Å². The number of rotatable bonds is 0. The van der Waals surface area contributed by atoms with Gasteiger partial charge in [-0.15, -0.1) is 11.3 Å². The van der Waals surface area contributed by atoms with Gasteiger partial charge in [-0.3, -0.25) is 4.98 Å². The minimum Gasteiger partial charge on any atom is -0.256 e. The third-order valence-corrected chi connectivity index (χ3v) is 6.76. The molecule has 0 unspecified atom stereocenters. The summed E-state index contributed by atoms with van der Waals surface area (Å²) in [6.07, 6.45) is 1.90. The average Bonchev–Trinajstić information content (AvgIpc) is 3.12. The van der Waals surface area contributed by atoms with Crippen LogP contribution in [-0.4, -0.2) is 9.97 Å². The number of thiophene rings is 1. The van der Waals surface area contributed by atoms with Crippen LogP contribution in [0.15, 0.2) is 60.8 Å². The predicted octanol–water partition coefficient (Wildman–Crippen LogP) is 6.30. The van der Waals surface area contributed by atoms with Crippen LogP contribution in [0.4, 0.5) is 0 Å². The van der Waals surface area contributed by atoms with Crippen molar-refractivity contribution in [2.45, 2.75) is 19.3 Å². The number of aromatic nitrogens is 2. The zero-order valence-corrected chi connectivity index (χ0v) is 15.4. The molecule has 26 heavy (non-hydrogen) atoms. The summed E-state index contributed by atoms with van der Waals surface area (Å²) in [6.45, 7) is 4.63. The molecule has 5 aromatic rings. The predicted molar refractivity (Wildman–Crippen MR) is 110 cm³/mol. The van der Waals surface area contributed by atoms with Gasteiger partial charge in [-0.05, 0) is 35.4 Å². The Morgan fingerprint density at radius 1 is 0.962 bits per heavy atom. The van der Waals surface area contributed by atoms with E-state index in [1.807, 2.05) is 12.3 Å². The van der Waals surface area contributed by atoms with E-state index in [0.717, 1.165) is 16.0 Å². The Morgan fingerprint density at radius 2 is 1.85 bits per heavy atom. The van der Waals surface area contributed by atoms with Gasteiger partial charge in [-0.1, -0.05) is 44.2 Å². The first-order valence-electron chi connectivity index (χ1n) is 8.86. The second kappa shape index (κ2) is 4.68. The summed E-state index contributed by atoms with van der Waals surface area (Å²) in [4.78, 5) is 10.8. The molecule has 1 aliphatic rings. The fourth-order valence-corrected chi connectivity index (χ4v) is 5.57. The number of fused-ring (bicyclic) bond motifs is 8. The molecule has 0 N–H and O–H groups in total. The van der Waals surface area contributed by atoms with Crippen molar-refractivity contribution < 1.29 is 0 Å². The third-order valence-electron chi connectivity index (χ3n) is 5.69. The van der Waals surface area contributed by atoms with Crippen molar-refractivity contribution in [3.05, 3.63) is 71.9 Å². The lowest BCUT2D eigenvalue weighted by molar-refractivity contribution is 0.665. The normalized spacial score (nSPS) is 14.8. The maximum absolute atomic E-state index is 4.94. The van der Waals surface area contributed by atoms with Gasteiger partial charge in [-0.25, -0.2) is 4.98 Å². The molecule has 0 atom stereocenters. The van der Waals surface area contributed by atoms with Crippen molar-refractivity contribution in [3.63, 3.8) is 0 Å². The second-order valence-electron chi connectivity index (χ2n) is 7.52. The average molecular weight is 352 g/mol. The van der Waals surface area contributed by atoms with Crippen molar-refractivity contribution in [1.29, 1.82) is 0 Å². The minimum atomic E-state index is -0.0575. The van der Waals surface area contributed by atoms with E-state index < -0.39 is 0 Å². The van der Waals surface area contributed by atoms with Crippen molar-refractivity contribution >= 4 is 42.5 Å². The quantitative estimate of drug-likeness (QED) is 0.327. The summed E-state index contributed by atoms with van der Waals surface area (Å²) in [5.74, 6) is 0. The molecule has 0 saturated heterocycles. The summed E-state index contributed by atoms with van der Waals surface area (Å²) in [5.41, 5.74) is 6.11. The molecule has 124 valence electrons. The van der Waals surface area contributed by atoms with E-state index in [1.165, 1.54) is 37.5 Å². The molecule has 1 aliphatic carbocycles. The molecule has 3 heterocycles. The molecule has 0 bridgehead atoms. The first-order chi connectivity index (χ1) is 12.6. The number of hydrogen-bond acceptors (Lipinski definition) is 3. The minimum absolute atomic E-state index is 0.0575. The number of nitrogens with zero attached hydrogens (tertiary/aromatic N) is 2. The van der Waals surface area contributed by atoms with Crippen LogP contribution >= 0.6 is 11.3 Å². The van der Waals surface area contributed by atoms with Crippen LogP contribution < -0.4 is 0 Å². The summed E-state index contributed by atoms with van der Waals surface area (Å²) in [5, 5.41) is 3.81. The largest absolute Gasteiger partial charge is 0.256 e. The van der Waals surface area contributed by atoms with Gasteiger partial charge >= 0.3 is 0 Å². The number of benzene rings is 2. The van der Waals surface area contributed by atoms with Gasteiger partial charge in [0.25, 0.3) is 0 Å². The number of para-hydroxylation sites is 1. The highest BCUT2D eigenvalue weighted by Crippen LogP contribution is 2.52. The van der Waals surface area contributed by atoms with E-state index in [2.05, 4.69) is 62.4 Å². The maximum Gasteiger partial charge on any atom is 0.125 e. The van der Waals surface area contributed by atoms with Gasteiger partial charge < -0.3 is 0 Å². The van der Waals surface area contributed by atoms with E-state index >= 15 is 0 Å². The Kier molecular flexibility index (Phi) is 2.59. The monoisotopic (exact) mass is 352 g/mol. The zero-order chi connectivity index (χ0) is 17.5. The first-order valence-corrected chi connectivity index (χ1v) is 9.67. The van der Waals surface area contributed by atoms with Gasteiger partial charge in [-0.2, -0.15) is 0 Å². The Bertz CT molecular complexity index is 1360. The van der Waals surface area contributed by atoms with Crippen LogP contribution in [0.3, 0.4) is 0 Å². The van der Waals surface area contributed by atoms with Crippen LogP contribution in [0.5, 0.6) is 0 Å². The highest BCUT2D eigenvalue weighted by molar-refractivity contribution is 7.25. The van der Waals surface area contributed by atoms with Crippen LogP contribution in [0.25, 0.3) is 42.5 Å². The fourth-order valence-electron chi connectivity index (χ4n) is 4.50. The highest BCUT2D eigenvalue weighted by atomic mass is 32.1. The highest BCUT2D eigenvalue weighted by Gasteiger charge is 2.38. The second-order valence-corrected chi connectivity index (χ2v) is 8.55. The lowest BCUT2D eigenvalue weighted by atomic mass is 9.81. The van der Waals surface area contributed by atoms with Crippen molar-refractivity contribution in [3.8, 4) is 11.3 Å². The van der Waals surface area contributed by atoms with Gasteiger partial charge in [0, 0.05) is 38.0 Å². The standard InChI is InChI=1S/C23H16N2S/c1-23(2)16-7-5-11-24-21(16)14-9-10-18-19(20(14)23)15-12-13-6-3-4-8-17(13)25-22(15)26-18/h3-12H,1-2H3. The van der Waals surface area contributed by atoms with E-state index in [1.54, 1.807) is 11.3 Å². The fraction of sp³-hybridized carbons (Fsp3) is 0.130. The van der Waals surface area contributed by atoms with Crippen molar-refractivity contribution in [2.75, 3.05) is 0 Å². The molecule has 2 aromatic carbocycles. The molecular weight excluding hydrogens is 336 g/mol. The van der Waals surface area contributed by atoms with Gasteiger partial charge in [0.15, 0.2) is 0 Å².